The van der Waals surface area contributed by atoms with Gasteiger partial charge in [0.25, 0.3) is 5.91 Å². The topological polar surface area (TPSA) is 118 Å². The molecule has 9 heteroatoms. The van der Waals surface area contributed by atoms with Crippen molar-refractivity contribution >= 4 is 11.9 Å². The highest BCUT2D eigenvalue weighted by Crippen LogP contribution is 2.48. The second kappa shape index (κ2) is 6.14. The highest BCUT2D eigenvalue weighted by molar-refractivity contribution is 5.91. The molecule has 3 N–H and O–H groups in total. The zero-order valence-electron chi connectivity index (χ0n) is 14.2. The van der Waals surface area contributed by atoms with E-state index in [1.807, 2.05) is 0 Å². The second-order valence-electron chi connectivity index (χ2n) is 7.10. The summed E-state index contributed by atoms with van der Waals surface area (Å²) in [5.74, 6) is 0.419. The van der Waals surface area contributed by atoms with Crippen LogP contribution in [0.2, 0.25) is 0 Å². The number of carbonyl (C=O) groups excluding carboxylic acids is 1. The molecule has 9 nitrogen and oxygen atoms in total. The van der Waals surface area contributed by atoms with Crippen molar-refractivity contribution in [2.75, 3.05) is 25.0 Å². The van der Waals surface area contributed by atoms with Crippen LogP contribution in [0.3, 0.4) is 0 Å². The number of nitrogens with one attached hydrogen (secondary N) is 3. The summed E-state index contributed by atoms with van der Waals surface area (Å²) in [7, 11) is 0. The van der Waals surface area contributed by atoms with Crippen molar-refractivity contribution in [2.45, 2.75) is 38.2 Å². The summed E-state index contributed by atoms with van der Waals surface area (Å²) in [6, 6.07) is 0.435. The molecule has 25 heavy (non-hydrogen) atoms. The maximum atomic E-state index is 12.1. The summed E-state index contributed by atoms with van der Waals surface area (Å²) in [4.78, 5) is 18.8. The lowest BCUT2D eigenvalue weighted by atomic mass is 9.66. The number of imidazole rings is 1. The van der Waals surface area contributed by atoms with Crippen LogP contribution in [0, 0.1) is 12.3 Å². The van der Waals surface area contributed by atoms with Crippen molar-refractivity contribution in [1.29, 1.82) is 0 Å². The van der Waals surface area contributed by atoms with Gasteiger partial charge in [-0.05, 0) is 25.7 Å². The van der Waals surface area contributed by atoms with Crippen molar-refractivity contribution in [3.63, 3.8) is 0 Å². The lowest BCUT2D eigenvalue weighted by molar-refractivity contribution is -0.174. The maximum absolute atomic E-state index is 12.1. The van der Waals surface area contributed by atoms with Gasteiger partial charge in [0.05, 0.1) is 24.7 Å². The van der Waals surface area contributed by atoms with Crippen LogP contribution in [0.25, 0.3) is 0 Å². The fourth-order valence-electron chi connectivity index (χ4n) is 3.63. The highest BCUT2D eigenvalue weighted by Gasteiger charge is 2.49. The van der Waals surface area contributed by atoms with E-state index in [1.165, 1.54) is 12.5 Å². The molecule has 5 rings (SSSR count). The largest absolute Gasteiger partial charge is 0.408 e. The van der Waals surface area contributed by atoms with Crippen LogP contribution in [0.5, 0.6) is 0 Å². The molecule has 1 aliphatic carbocycles. The minimum absolute atomic E-state index is 0.0263. The van der Waals surface area contributed by atoms with E-state index in [4.69, 9.17) is 9.15 Å². The molecule has 0 radical (unpaired) electrons. The Kier molecular flexibility index (Phi) is 3.95. The number of fused-ring (bicyclic) bond motifs is 3. The van der Waals surface area contributed by atoms with E-state index in [2.05, 4.69) is 30.8 Å². The Morgan fingerprint density at radius 1 is 1.28 bits per heavy atom. The van der Waals surface area contributed by atoms with Crippen molar-refractivity contribution in [1.82, 2.24) is 25.5 Å². The predicted molar refractivity (Wildman–Crippen MR) is 88.0 cm³/mol. The number of nitrogens with zero attached hydrogens (tertiary/aromatic N) is 3. The van der Waals surface area contributed by atoms with Gasteiger partial charge in [0, 0.05) is 25.4 Å². The summed E-state index contributed by atoms with van der Waals surface area (Å²) >= 11 is 0. The van der Waals surface area contributed by atoms with E-state index in [0.717, 1.165) is 25.7 Å². The van der Waals surface area contributed by atoms with Crippen molar-refractivity contribution in [3.05, 3.63) is 24.1 Å². The van der Waals surface area contributed by atoms with Crippen LogP contribution in [0.15, 0.2) is 16.9 Å². The van der Waals surface area contributed by atoms with E-state index in [9.17, 15) is 4.79 Å². The molecular formula is C16H22N6O3. The SMILES string of the molecule is Cc1nnc(NCC23CCC(CNC(=O)c4cnc[nH]4)(CC2)CO3)o1. The Bertz CT molecular complexity index is 716. The molecule has 0 spiro atoms. The standard InChI is InChI=1S/C16H22N6O3/c1-11-21-22-14(25-11)19-8-16-4-2-15(3-5-16,9-24-16)7-18-13(23)12-6-17-10-20-12/h6,10H,2-5,7-9H2,1H3,(H,17,20)(H,18,23)(H,19,22). The lowest BCUT2D eigenvalue weighted by Gasteiger charge is -2.53. The lowest BCUT2D eigenvalue weighted by Crippen LogP contribution is -2.57. The molecule has 0 atom stereocenters. The highest BCUT2D eigenvalue weighted by atomic mass is 16.5. The fourth-order valence-corrected chi connectivity index (χ4v) is 3.63. The number of ether oxygens (including phenoxy) is 1. The summed E-state index contributed by atoms with van der Waals surface area (Å²) in [5.41, 5.74) is 0.327. The number of rotatable bonds is 6. The maximum Gasteiger partial charge on any atom is 0.315 e. The number of hydrogen-bond donors (Lipinski definition) is 3. The number of carbonyl (C=O) groups is 1. The number of anilines is 1. The molecule has 134 valence electrons. The van der Waals surface area contributed by atoms with Crippen molar-refractivity contribution in [3.8, 4) is 0 Å². The van der Waals surface area contributed by atoms with Crippen LogP contribution >= 0.6 is 0 Å². The van der Waals surface area contributed by atoms with Gasteiger partial charge in [0.1, 0.15) is 5.69 Å². The first-order valence-electron chi connectivity index (χ1n) is 8.53. The van der Waals surface area contributed by atoms with Crippen molar-refractivity contribution < 1.29 is 13.9 Å². The average molecular weight is 346 g/mol. The van der Waals surface area contributed by atoms with Gasteiger partial charge in [-0.15, -0.1) is 5.10 Å². The molecule has 2 aromatic heterocycles. The quantitative estimate of drug-likeness (QED) is 0.721. The molecule has 3 aliphatic rings. The minimum Gasteiger partial charge on any atom is -0.408 e. The molecular weight excluding hydrogens is 324 g/mol. The van der Waals surface area contributed by atoms with Crippen molar-refractivity contribution in [2.24, 2.45) is 5.41 Å². The molecule has 1 saturated carbocycles. The van der Waals surface area contributed by atoms with Gasteiger partial charge in [-0.3, -0.25) is 4.79 Å². The monoisotopic (exact) mass is 346 g/mol. The van der Waals surface area contributed by atoms with Gasteiger partial charge in [0.2, 0.25) is 5.89 Å². The molecule has 4 heterocycles. The third kappa shape index (κ3) is 3.23. The molecule has 0 aromatic carbocycles. The number of aryl methyl sites for hydroxylation is 1. The Morgan fingerprint density at radius 3 is 2.72 bits per heavy atom. The first kappa shape index (κ1) is 16.1. The summed E-state index contributed by atoms with van der Waals surface area (Å²) in [6.45, 7) is 3.70. The van der Waals surface area contributed by atoms with E-state index in [1.54, 1.807) is 6.92 Å². The van der Waals surface area contributed by atoms with Gasteiger partial charge in [-0.2, -0.15) is 0 Å². The van der Waals surface area contributed by atoms with Gasteiger partial charge < -0.3 is 24.8 Å². The Balaban J connectivity index is 1.30. The zero-order valence-corrected chi connectivity index (χ0v) is 14.2. The fraction of sp³-hybridized carbons (Fsp3) is 0.625. The zero-order chi connectivity index (χ0) is 17.3. The molecule has 2 bridgehead atoms. The summed E-state index contributed by atoms with van der Waals surface area (Å²) < 4.78 is 11.5. The number of amides is 1. The number of aromatic amines is 1. The molecule has 2 aromatic rings. The van der Waals surface area contributed by atoms with Gasteiger partial charge in [-0.1, -0.05) is 5.10 Å². The Morgan fingerprint density at radius 2 is 2.12 bits per heavy atom. The third-order valence-electron chi connectivity index (χ3n) is 5.36. The molecule has 3 fully saturated rings. The van der Waals surface area contributed by atoms with E-state index in [-0.39, 0.29) is 16.9 Å². The van der Waals surface area contributed by atoms with E-state index >= 15 is 0 Å². The second-order valence-corrected chi connectivity index (χ2v) is 7.10. The van der Waals surface area contributed by atoms with E-state index in [0.29, 0.717) is 37.3 Å². The molecule has 2 saturated heterocycles. The van der Waals surface area contributed by atoms with Crippen LogP contribution < -0.4 is 10.6 Å². The third-order valence-corrected chi connectivity index (χ3v) is 5.36. The number of hydrogen-bond acceptors (Lipinski definition) is 7. The Hall–Kier alpha value is -2.42. The normalized spacial score (nSPS) is 28.0. The summed E-state index contributed by atoms with van der Waals surface area (Å²) in [6.07, 6.45) is 6.99. The van der Waals surface area contributed by atoms with Gasteiger partial charge in [-0.25, -0.2) is 4.98 Å². The van der Waals surface area contributed by atoms with Crippen LogP contribution in [-0.2, 0) is 4.74 Å². The predicted octanol–water partition coefficient (Wildman–Crippen LogP) is 1.27. The van der Waals surface area contributed by atoms with Gasteiger partial charge in [0.15, 0.2) is 0 Å². The van der Waals surface area contributed by atoms with Crippen LogP contribution in [0.1, 0.15) is 42.1 Å². The first-order valence-corrected chi connectivity index (χ1v) is 8.53. The average Bonchev–Trinajstić information content (AvgIpc) is 3.32. The minimum atomic E-state index is -0.183. The summed E-state index contributed by atoms with van der Waals surface area (Å²) in [5, 5.41) is 14.0. The number of aromatic nitrogens is 4. The molecule has 0 unspecified atom stereocenters. The number of H-pyrrole nitrogens is 1. The van der Waals surface area contributed by atoms with Crippen LogP contribution in [-0.4, -0.2) is 51.4 Å². The van der Waals surface area contributed by atoms with Crippen LogP contribution in [0.4, 0.5) is 6.01 Å². The van der Waals surface area contributed by atoms with E-state index < -0.39 is 0 Å². The molecule has 1 amide bonds. The Labute approximate surface area is 144 Å². The van der Waals surface area contributed by atoms with Gasteiger partial charge >= 0.3 is 6.01 Å². The smallest absolute Gasteiger partial charge is 0.315 e. The first-order chi connectivity index (χ1) is 12.1. The molecule has 2 aliphatic heterocycles.